The van der Waals surface area contributed by atoms with Gasteiger partial charge in [-0.05, 0) is 79.4 Å². The molecular formula is C23H27Cl2N3S. The van der Waals surface area contributed by atoms with Gasteiger partial charge in [-0.2, -0.15) is 0 Å². The molecule has 0 amide bonds. The van der Waals surface area contributed by atoms with E-state index < -0.39 is 0 Å². The van der Waals surface area contributed by atoms with E-state index in [9.17, 15) is 0 Å². The first-order chi connectivity index (χ1) is 14.0. The van der Waals surface area contributed by atoms with Gasteiger partial charge in [-0.3, -0.25) is 0 Å². The molecule has 4 saturated carbocycles. The number of aromatic nitrogens is 3. The van der Waals surface area contributed by atoms with Crippen LogP contribution in [0, 0.1) is 23.2 Å². The first-order valence-corrected chi connectivity index (χ1v) is 12.4. The quantitative estimate of drug-likeness (QED) is 0.344. The minimum atomic E-state index is 0.465. The van der Waals surface area contributed by atoms with Crippen molar-refractivity contribution in [3.63, 3.8) is 0 Å². The molecule has 4 fully saturated rings. The zero-order valence-corrected chi connectivity index (χ0v) is 18.9. The maximum Gasteiger partial charge on any atom is 0.191 e. The molecule has 1 heterocycles. The molecule has 154 valence electrons. The molecule has 0 radical (unpaired) electrons. The third-order valence-corrected chi connectivity index (χ3v) is 8.93. The standard InChI is InChI=1S/C23H27Cl2N3S/c1-2-5-28-21(13-23-10-16-6-17(11-23)8-18(7-16)12-23)26-27-22(28)29-14-15-3-4-19(24)20(25)9-15/h2-4,9,16-18H,1,5-8,10-14H2. The molecule has 6 heteroatoms. The lowest BCUT2D eigenvalue weighted by Gasteiger charge is -2.56. The highest BCUT2D eigenvalue weighted by Crippen LogP contribution is 2.61. The van der Waals surface area contributed by atoms with Crippen LogP contribution in [-0.4, -0.2) is 14.8 Å². The smallest absolute Gasteiger partial charge is 0.191 e. The number of rotatable bonds is 7. The van der Waals surface area contributed by atoms with Crippen LogP contribution in [0.4, 0.5) is 0 Å². The van der Waals surface area contributed by atoms with Gasteiger partial charge in [0.25, 0.3) is 0 Å². The van der Waals surface area contributed by atoms with E-state index in [2.05, 4.69) is 21.3 Å². The average molecular weight is 448 g/mol. The molecule has 2 aromatic rings. The van der Waals surface area contributed by atoms with E-state index in [0.29, 0.717) is 15.5 Å². The SMILES string of the molecule is C=CCn1c(CC23CC4CC(CC(C4)C2)C3)nnc1SCc1ccc(Cl)c(Cl)c1. The molecule has 0 aliphatic heterocycles. The summed E-state index contributed by atoms with van der Waals surface area (Å²) < 4.78 is 2.27. The van der Waals surface area contributed by atoms with Crippen LogP contribution < -0.4 is 0 Å². The monoisotopic (exact) mass is 447 g/mol. The highest BCUT2D eigenvalue weighted by molar-refractivity contribution is 7.98. The second kappa shape index (κ2) is 7.94. The van der Waals surface area contributed by atoms with E-state index in [1.54, 1.807) is 11.8 Å². The van der Waals surface area contributed by atoms with Crippen molar-refractivity contribution in [2.24, 2.45) is 23.2 Å². The fraction of sp³-hybridized carbons (Fsp3) is 0.565. The van der Waals surface area contributed by atoms with E-state index in [4.69, 9.17) is 23.2 Å². The molecule has 0 N–H and O–H groups in total. The summed E-state index contributed by atoms with van der Waals surface area (Å²) in [7, 11) is 0. The lowest BCUT2D eigenvalue weighted by molar-refractivity contribution is -0.0535. The Labute approximate surface area is 187 Å². The minimum Gasteiger partial charge on any atom is -0.302 e. The van der Waals surface area contributed by atoms with Crippen LogP contribution in [0.25, 0.3) is 0 Å². The Bertz CT molecular complexity index is 888. The molecule has 6 rings (SSSR count). The maximum atomic E-state index is 6.17. The van der Waals surface area contributed by atoms with Crippen LogP contribution in [0.5, 0.6) is 0 Å². The Hall–Kier alpha value is -0.970. The first-order valence-electron chi connectivity index (χ1n) is 10.6. The molecule has 0 unspecified atom stereocenters. The maximum absolute atomic E-state index is 6.17. The van der Waals surface area contributed by atoms with Gasteiger partial charge in [-0.15, -0.1) is 16.8 Å². The van der Waals surface area contributed by atoms with Crippen LogP contribution in [0.2, 0.25) is 10.0 Å². The van der Waals surface area contributed by atoms with E-state index in [-0.39, 0.29) is 0 Å². The van der Waals surface area contributed by atoms with Crippen LogP contribution in [-0.2, 0) is 18.7 Å². The third kappa shape index (κ3) is 4.00. The van der Waals surface area contributed by atoms with Crippen molar-refractivity contribution in [2.75, 3.05) is 0 Å². The molecule has 1 aromatic heterocycles. The van der Waals surface area contributed by atoms with Gasteiger partial charge in [0.15, 0.2) is 5.16 Å². The van der Waals surface area contributed by atoms with Crippen LogP contribution in [0.1, 0.15) is 49.9 Å². The molecule has 4 aliphatic rings. The number of hydrogen-bond donors (Lipinski definition) is 0. The Morgan fingerprint density at radius 2 is 1.76 bits per heavy atom. The van der Waals surface area contributed by atoms with Gasteiger partial charge >= 0.3 is 0 Å². The van der Waals surface area contributed by atoms with Gasteiger partial charge in [0.05, 0.1) is 10.0 Å². The second-order valence-electron chi connectivity index (χ2n) is 9.43. The predicted molar refractivity (Wildman–Crippen MR) is 121 cm³/mol. The molecule has 4 aliphatic carbocycles. The Morgan fingerprint density at radius 1 is 1.07 bits per heavy atom. The van der Waals surface area contributed by atoms with Crippen LogP contribution >= 0.6 is 35.0 Å². The van der Waals surface area contributed by atoms with Gasteiger partial charge in [-0.1, -0.05) is 47.1 Å². The molecule has 0 atom stereocenters. The van der Waals surface area contributed by atoms with Gasteiger partial charge < -0.3 is 4.57 Å². The summed E-state index contributed by atoms with van der Waals surface area (Å²) in [5.41, 5.74) is 1.60. The van der Waals surface area contributed by atoms with Crippen LogP contribution in [0.3, 0.4) is 0 Å². The summed E-state index contributed by atoms with van der Waals surface area (Å²) in [6.07, 6.45) is 11.6. The number of benzene rings is 1. The zero-order valence-electron chi connectivity index (χ0n) is 16.6. The van der Waals surface area contributed by atoms with Crippen molar-refractivity contribution in [2.45, 2.75) is 62.4 Å². The Balaban J connectivity index is 1.34. The van der Waals surface area contributed by atoms with Crippen LogP contribution in [0.15, 0.2) is 36.0 Å². The highest BCUT2D eigenvalue weighted by atomic mass is 35.5. The molecular weight excluding hydrogens is 421 g/mol. The number of nitrogens with zero attached hydrogens (tertiary/aromatic N) is 3. The molecule has 1 aromatic carbocycles. The van der Waals surface area contributed by atoms with Gasteiger partial charge in [-0.25, -0.2) is 0 Å². The van der Waals surface area contributed by atoms with Gasteiger partial charge in [0.1, 0.15) is 5.82 Å². The molecule has 3 nitrogen and oxygen atoms in total. The summed E-state index contributed by atoms with van der Waals surface area (Å²) in [4.78, 5) is 0. The summed E-state index contributed by atoms with van der Waals surface area (Å²) >= 11 is 13.9. The number of allylic oxidation sites excluding steroid dienone is 1. The number of halogens is 2. The molecule has 0 saturated heterocycles. The van der Waals surface area contributed by atoms with Gasteiger partial charge in [0, 0.05) is 18.7 Å². The van der Waals surface area contributed by atoms with E-state index >= 15 is 0 Å². The number of thioether (sulfide) groups is 1. The van der Waals surface area contributed by atoms with Crippen molar-refractivity contribution in [1.29, 1.82) is 0 Å². The topological polar surface area (TPSA) is 30.7 Å². The fourth-order valence-corrected chi connectivity index (χ4v) is 7.72. The van der Waals surface area contributed by atoms with Crippen molar-refractivity contribution in [1.82, 2.24) is 14.8 Å². The first kappa shape index (κ1) is 20.0. The van der Waals surface area contributed by atoms with Crippen molar-refractivity contribution >= 4 is 35.0 Å². The third-order valence-electron chi connectivity index (χ3n) is 7.16. The second-order valence-corrected chi connectivity index (χ2v) is 11.2. The van der Waals surface area contributed by atoms with Crippen molar-refractivity contribution < 1.29 is 0 Å². The van der Waals surface area contributed by atoms with E-state index in [0.717, 1.165) is 53.0 Å². The average Bonchev–Trinajstić information content (AvgIpc) is 3.03. The highest BCUT2D eigenvalue weighted by Gasteiger charge is 2.51. The summed E-state index contributed by atoms with van der Waals surface area (Å²) in [6, 6.07) is 5.81. The summed E-state index contributed by atoms with van der Waals surface area (Å²) in [5.74, 6) is 4.81. The fourth-order valence-electron chi connectivity index (χ4n) is 6.49. The Morgan fingerprint density at radius 3 is 2.38 bits per heavy atom. The lowest BCUT2D eigenvalue weighted by atomic mass is 9.49. The summed E-state index contributed by atoms with van der Waals surface area (Å²) in [5, 5.41) is 11.4. The molecule has 4 bridgehead atoms. The normalized spacial score (nSPS) is 30.1. The Kier molecular flexibility index (Phi) is 5.46. The van der Waals surface area contributed by atoms with Gasteiger partial charge in [0.2, 0.25) is 0 Å². The number of hydrogen-bond acceptors (Lipinski definition) is 3. The minimum absolute atomic E-state index is 0.465. The van der Waals surface area contributed by atoms with E-state index in [1.807, 2.05) is 24.3 Å². The summed E-state index contributed by atoms with van der Waals surface area (Å²) in [6.45, 7) is 4.73. The largest absolute Gasteiger partial charge is 0.302 e. The molecule has 29 heavy (non-hydrogen) atoms. The van der Waals surface area contributed by atoms with Crippen molar-refractivity contribution in [3.8, 4) is 0 Å². The predicted octanol–water partition coefficient (Wildman–Crippen LogP) is 6.82. The van der Waals surface area contributed by atoms with Crippen molar-refractivity contribution in [3.05, 3.63) is 52.3 Å². The molecule has 0 spiro atoms. The lowest BCUT2D eigenvalue weighted by Crippen LogP contribution is -2.47. The zero-order chi connectivity index (χ0) is 20.0. The van der Waals surface area contributed by atoms with E-state index in [1.165, 1.54) is 38.5 Å².